The quantitative estimate of drug-likeness (QED) is 0.660. The van der Waals surface area contributed by atoms with Gasteiger partial charge in [0, 0.05) is 12.5 Å². The van der Waals surface area contributed by atoms with Crippen molar-refractivity contribution in [2.75, 3.05) is 0 Å². The van der Waals surface area contributed by atoms with Crippen LogP contribution in [0.2, 0.25) is 0 Å². The third-order valence-electron chi connectivity index (χ3n) is 2.41. The van der Waals surface area contributed by atoms with Gasteiger partial charge in [-0.3, -0.25) is 4.79 Å². The van der Waals surface area contributed by atoms with Gasteiger partial charge in [-0.1, -0.05) is 12.1 Å². The maximum Gasteiger partial charge on any atom is 0.303 e. The number of esters is 1. The molecule has 0 N–H and O–H groups in total. The molecule has 0 fully saturated rings. The Labute approximate surface area is 87.4 Å². The van der Waals surface area contributed by atoms with Crippen molar-refractivity contribution in [3.05, 3.63) is 40.7 Å². The molecule has 0 amide bonds. The van der Waals surface area contributed by atoms with Crippen LogP contribution in [-0.2, 0) is 9.53 Å². The molecule has 2 rings (SSSR count). The molecule has 0 saturated carbocycles. The maximum absolute atomic E-state index is 12.9. The highest BCUT2D eigenvalue weighted by Gasteiger charge is 2.25. The zero-order valence-corrected chi connectivity index (χ0v) is 8.58. The van der Waals surface area contributed by atoms with Crippen molar-refractivity contribution in [3.63, 3.8) is 0 Å². The molecule has 1 aromatic rings. The molecule has 0 spiro atoms. The number of benzene rings is 1. The van der Waals surface area contributed by atoms with Gasteiger partial charge in [0.2, 0.25) is 0 Å². The van der Waals surface area contributed by atoms with E-state index in [0.29, 0.717) is 0 Å². The third kappa shape index (κ3) is 1.77. The summed E-state index contributed by atoms with van der Waals surface area (Å²) in [6.07, 6.45) is 1.49. The molecule has 1 aliphatic rings. The summed E-state index contributed by atoms with van der Waals surface area (Å²) in [7, 11) is 0. The van der Waals surface area contributed by atoms with Gasteiger partial charge in [-0.05, 0) is 30.2 Å². The van der Waals surface area contributed by atoms with Gasteiger partial charge in [0.25, 0.3) is 0 Å². The van der Waals surface area contributed by atoms with Crippen molar-refractivity contribution >= 4 is 12.0 Å². The molecule has 0 heterocycles. The number of rotatable bonds is 1. The molecule has 1 aliphatic carbocycles. The SMILES string of the molecule is CC(=O)OC1C(C)=Cc2cc(F)ccc21. The normalized spacial score (nSPS) is 18.3. The van der Waals surface area contributed by atoms with Crippen LogP contribution in [0.1, 0.15) is 31.1 Å². The molecular weight excluding hydrogens is 195 g/mol. The van der Waals surface area contributed by atoms with Crippen LogP contribution in [0.4, 0.5) is 4.39 Å². The molecule has 0 aliphatic heterocycles. The first-order valence-corrected chi connectivity index (χ1v) is 4.73. The summed E-state index contributed by atoms with van der Waals surface area (Å²) in [4.78, 5) is 10.9. The first kappa shape index (κ1) is 9.90. The van der Waals surface area contributed by atoms with Crippen LogP contribution in [0, 0.1) is 5.82 Å². The fraction of sp³-hybridized carbons (Fsp3) is 0.250. The predicted octanol–water partition coefficient (Wildman–Crippen LogP) is 2.85. The molecule has 1 unspecified atom stereocenters. The Balaban J connectivity index is 2.39. The van der Waals surface area contributed by atoms with E-state index in [1.807, 2.05) is 13.0 Å². The lowest BCUT2D eigenvalue weighted by atomic mass is 10.1. The second-order valence-corrected chi connectivity index (χ2v) is 3.65. The molecule has 1 atom stereocenters. The number of carbonyl (C=O) groups is 1. The van der Waals surface area contributed by atoms with Gasteiger partial charge < -0.3 is 4.74 Å². The Morgan fingerprint density at radius 1 is 1.47 bits per heavy atom. The van der Waals surface area contributed by atoms with E-state index in [1.165, 1.54) is 19.1 Å². The first-order valence-electron chi connectivity index (χ1n) is 4.73. The monoisotopic (exact) mass is 206 g/mol. The van der Waals surface area contributed by atoms with Gasteiger partial charge in [0.1, 0.15) is 11.9 Å². The Morgan fingerprint density at radius 3 is 2.87 bits per heavy atom. The summed E-state index contributed by atoms with van der Waals surface area (Å²) in [5.41, 5.74) is 2.56. The van der Waals surface area contributed by atoms with Crippen LogP contribution >= 0.6 is 0 Å². The topological polar surface area (TPSA) is 26.3 Å². The molecule has 0 radical (unpaired) electrons. The van der Waals surface area contributed by atoms with Crippen LogP contribution in [0.5, 0.6) is 0 Å². The molecule has 0 aromatic heterocycles. The van der Waals surface area contributed by atoms with E-state index in [1.54, 1.807) is 6.07 Å². The van der Waals surface area contributed by atoms with E-state index < -0.39 is 0 Å². The van der Waals surface area contributed by atoms with Crippen molar-refractivity contribution < 1.29 is 13.9 Å². The Morgan fingerprint density at radius 2 is 2.20 bits per heavy atom. The number of fused-ring (bicyclic) bond motifs is 1. The van der Waals surface area contributed by atoms with Crippen molar-refractivity contribution in [2.24, 2.45) is 0 Å². The van der Waals surface area contributed by atoms with Crippen LogP contribution in [-0.4, -0.2) is 5.97 Å². The Kier molecular flexibility index (Phi) is 2.31. The van der Waals surface area contributed by atoms with Crippen LogP contribution in [0.15, 0.2) is 23.8 Å². The van der Waals surface area contributed by atoms with E-state index >= 15 is 0 Å². The summed E-state index contributed by atoms with van der Waals surface area (Å²) in [6.45, 7) is 3.24. The minimum absolute atomic E-state index is 0.277. The number of hydrogen-bond donors (Lipinski definition) is 0. The van der Waals surface area contributed by atoms with E-state index in [2.05, 4.69) is 0 Å². The number of halogens is 1. The molecule has 0 saturated heterocycles. The van der Waals surface area contributed by atoms with E-state index in [0.717, 1.165) is 16.7 Å². The number of carbonyl (C=O) groups excluding carboxylic acids is 1. The largest absolute Gasteiger partial charge is 0.453 e. The van der Waals surface area contributed by atoms with Gasteiger partial charge in [-0.2, -0.15) is 0 Å². The van der Waals surface area contributed by atoms with Crippen molar-refractivity contribution in [1.82, 2.24) is 0 Å². The zero-order valence-electron chi connectivity index (χ0n) is 8.58. The molecule has 78 valence electrons. The second kappa shape index (κ2) is 3.50. The van der Waals surface area contributed by atoms with Crippen molar-refractivity contribution in [1.29, 1.82) is 0 Å². The van der Waals surface area contributed by atoms with Gasteiger partial charge >= 0.3 is 5.97 Å². The molecule has 3 heteroatoms. The van der Waals surface area contributed by atoms with Crippen LogP contribution < -0.4 is 0 Å². The molecule has 2 nitrogen and oxygen atoms in total. The highest BCUT2D eigenvalue weighted by molar-refractivity contribution is 5.70. The van der Waals surface area contributed by atoms with Gasteiger partial charge in [0.15, 0.2) is 0 Å². The van der Waals surface area contributed by atoms with E-state index in [9.17, 15) is 9.18 Å². The molecule has 1 aromatic carbocycles. The Bertz CT molecular complexity index is 449. The van der Waals surface area contributed by atoms with Crippen LogP contribution in [0.3, 0.4) is 0 Å². The maximum atomic E-state index is 12.9. The van der Waals surface area contributed by atoms with E-state index in [4.69, 9.17) is 4.74 Å². The van der Waals surface area contributed by atoms with Gasteiger partial charge in [-0.25, -0.2) is 4.39 Å². The molecule has 0 bridgehead atoms. The minimum atomic E-state index is -0.349. The second-order valence-electron chi connectivity index (χ2n) is 3.65. The summed E-state index contributed by atoms with van der Waals surface area (Å²) >= 11 is 0. The number of ether oxygens (including phenoxy) is 1. The van der Waals surface area contributed by atoms with Crippen molar-refractivity contribution in [3.8, 4) is 0 Å². The highest BCUT2D eigenvalue weighted by Crippen LogP contribution is 2.36. The average molecular weight is 206 g/mol. The van der Waals surface area contributed by atoms with Gasteiger partial charge in [0.05, 0.1) is 0 Å². The summed E-state index contributed by atoms with van der Waals surface area (Å²) in [5.74, 6) is -0.605. The fourth-order valence-corrected chi connectivity index (χ4v) is 1.80. The fourth-order valence-electron chi connectivity index (χ4n) is 1.80. The lowest BCUT2D eigenvalue weighted by Crippen LogP contribution is -2.07. The van der Waals surface area contributed by atoms with Crippen LogP contribution in [0.25, 0.3) is 6.08 Å². The smallest absolute Gasteiger partial charge is 0.303 e. The lowest BCUT2D eigenvalue weighted by molar-refractivity contribution is -0.144. The number of hydrogen-bond acceptors (Lipinski definition) is 2. The van der Waals surface area contributed by atoms with Gasteiger partial charge in [-0.15, -0.1) is 0 Å². The summed E-state index contributed by atoms with van der Waals surface area (Å²) in [6, 6.07) is 4.48. The Hall–Kier alpha value is -1.64. The van der Waals surface area contributed by atoms with Crippen molar-refractivity contribution in [2.45, 2.75) is 20.0 Å². The zero-order chi connectivity index (χ0) is 11.0. The highest BCUT2D eigenvalue weighted by atomic mass is 19.1. The molecular formula is C12H11FO2. The summed E-state index contributed by atoms with van der Waals surface area (Å²) in [5, 5.41) is 0. The first-order chi connectivity index (χ1) is 7.08. The standard InChI is InChI=1S/C12H11FO2/c1-7-5-9-6-10(13)3-4-11(9)12(7)15-8(2)14/h3-6,12H,1-2H3. The minimum Gasteiger partial charge on any atom is -0.453 e. The predicted molar refractivity (Wildman–Crippen MR) is 54.6 cm³/mol. The summed E-state index contributed by atoms with van der Waals surface area (Å²) < 4.78 is 18.1. The average Bonchev–Trinajstić information content (AvgIpc) is 2.41. The molecule has 15 heavy (non-hydrogen) atoms. The third-order valence-corrected chi connectivity index (χ3v) is 2.41. The van der Waals surface area contributed by atoms with E-state index in [-0.39, 0.29) is 17.9 Å². The lowest BCUT2D eigenvalue weighted by Gasteiger charge is -2.14.